The van der Waals surface area contributed by atoms with Gasteiger partial charge in [0, 0.05) is 0 Å². The predicted molar refractivity (Wildman–Crippen MR) is 77.3 cm³/mol. The number of methoxy groups -OCH3 is 1. The second kappa shape index (κ2) is 3.88. The van der Waals surface area contributed by atoms with E-state index in [0.29, 0.717) is 0 Å². The van der Waals surface area contributed by atoms with Crippen molar-refractivity contribution in [1.29, 1.82) is 0 Å². The van der Waals surface area contributed by atoms with Gasteiger partial charge in [-0.25, -0.2) is 0 Å². The Morgan fingerprint density at radius 3 is 2.22 bits per heavy atom. The summed E-state index contributed by atoms with van der Waals surface area (Å²) in [6.45, 7) is 4.57. The molecule has 1 nitrogen and oxygen atoms in total. The quantitative estimate of drug-likeness (QED) is 0.736. The summed E-state index contributed by atoms with van der Waals surface area (Å²) >= 11 is 2.62. The van der Waals surface area contributed by atoms with Crippen LogP contribution in [0.2, 0.25) is 0 Å². The third kappa shape index (κ3) is 1.53. The molecule has 92 valence electrons. The molecule has 0 aliphatic heterocycles. The summed E-state index contributed by atoms with van der Waals surface area (Å²) in [5, 5.41) is 0. The van der Waals surface area contributed by atoms with E-state index in [1.54, 1.807) is 7.11 Å². The van der Waals surface area contributed by atoms with Crippen LogP contribution in [0.1, 0.15) is 25.0 Å². The van der Waals surface area contributed by atoms with Gasteiger partial charge in [0.05, 0.1) is 0 Å². The molecule has 2 heteroatoms. The number of fused-ring (bicyclic) bond motifs is 3. The van der Waals surface area contributed by atoms with Crippen LogP contribution in [0.5, 0.6) is 5.75 Å². The van der Waals surface area contributed by atoms with Crippen LogP contribution >= 0.6 is 0 Å². The fraction of sp³-hybridized carbons (Fsp3) is 0.250. The third-order valence-electron chi connectivity index (χ3n) is 3.87. The standard InChI is InChI=1S/C16H16OSe/c1-16(2)14-6-4-10(17-3)8-12(14)13-9-11(18)5-7-15(13)16/h4-9,18H,1-3H3. The normalized spacial score (nSPS) is 15.1. The average Bonchev–Trinajstić information content (AvgIpc) is 2.58. The van der Waals surface area contributed by atoms with Gasteiger partial charge in [-0.2, -0.15) is 0 Å². The van der Waals surface area contributed by atoms with Crippen LogP contribution < -0.4 is 9.20 Å². The van der Waals surface area contributed by atoms with Gasteiger partial charge in [0.1, 0.15) is 0 Å². The monoisotopic (exact) mass is 304 g/mol. The van der Waals surface area contributed by atoms with Crippen LogP contribution in [0.15, 0.2) is 36.4 Å². The van der Waals surface area contributed by atoms with E-state index in [2.05, 4.69) is 66.3 Å². The van der Waals surface area contributed by atoms with Crippen molar-refractivity contribution in [2.75, 3.05) is 7.11 Å². The van der Waals surface area contributed by atoms with Gasteiger partial charge in [-0.05, 0) is 0 Å². The van der Waals surface area contributed by atoms with Gasteiger partial charge in [0.15, 0.2) is 0 Å². The van der Waals surface area contributed by atoms with Gasteiger partial charge in [-0.1, -0.05) is 0 Å². The molecule has 0 atom stereocenters. The molecule has 0 unspecified atom stereocenters. The summed E-state index contributed by atoms with van der Waals surface area (Å²) in [6, 6.07) is 13.1. The molecule has 2 aromatic carbocycles. The molecule has 0 saturated heterocycles. The fourth-order valence-electron chi connectivity index (χ4n) is 2.86. The summed E-state index contributed by atoms with van der Waals surface area (Å²) in [6.07, 6.45) is 0. The molecule has 0 radical (unpaired) electrons. The second-order valence-electron chi connectivity index (χ2n) is 5.27. The zero-order valence-electron chi connectivity index (χ0n) is 10.8. The Balaban J connectivity index is 2.33. The van der Waals surface area contributed by atoms with Crippen molar-refractivity contribution in [2.24, 2.45) is 0 Å². The SMILES string of the molecule is COc1ccc2c(c1)-c1cc([SeH])ccc1C2(C)C. The van der Waals surface area contributed by atoms with Crippen molar-refractivity contribution >= 4 is 20.5 Å². The van der Waals surface area contributed by atoms with Crippen molar-refractivity contribution in [3.8, 4) is 16.9 Å². The van der Waals surface area contributed by atoms with E-state index in [0.717, 1.165) is 5.75 Å². The zero-order chi connectivity index (χ0) is 12.9. The number of benzene rings is 2. The van der Waals surface area contributed by atoms with Crippen molar-refractivity contribution < 1.29 is 4.74 Å². The first-order valence-corrected chi connectivity index (χ1v) is 7.00. The molecule has 0 saturated carbocycles. The van der Waals surface area contributed by atoms with E-state index >= 15 is 0 Å². The van der Waals surface area contributed by atoms with Crippen molar-refractivity contribution in [2.45, 2.75) is 19.3 Å². The van der Waals surface area contributed by atoms with E-state index in [4.69, 9.17) is 4.74 Å². The molecular formula is C16H16OSe. The Hall–Kier alpha value is -1.24. The van der Waals surface area contributed by atoms with E-state index < -0.39 is 0 Å². The van der Waals surface area contributed by atoms with Crippen molar-refractivity contribution in [1.82, 2.24) is 0 Å². The number of hydrogen-bond acceptors (Lipinski definition) is 1. The Morgan fingerprint density at radius 1 is 0.944 bits per heavy atom. The van der Waals surface area contributed by atoms with E-state index in [9.17, 15) is 0 Å². The van der Waals surface area contributed by atoms with Gasteiger partial charge >= 0.3 is 116 Å². The Morgan fingerprint density at radius 2 is 1.56 bits per heavy atom. The molecule has 3 rings (SSSR count). The minimum absolute atomic E-state index is 0.0810. The fourth-order valence-corrected chi connectivity index (χ4v) is 3.29. The van der Waals surface area contributed by atoms with Crippen molar-refractivity contribution in [3.63, 3.8) is 0 Å². The molecule has 0 N–H and O–H groups in total. The molecule has 18 heavy (non-hydrogen) atoms. The zero-order valence-corrected chi connectivity index (χ0v) is 12.7. The summed E-state index contributed by atoms with van der Waals surface area (Å²) in [5.41, 5.74) is 5.52. The first kappa shape index (κ1) is 11.8. The van der Waals surface area contributed by atoms with Crippen LogP contribution in [-0.2, 0) is 5.41 Å². The Kier molecular flexibility index (Phi) is 2.55. The molecule has 2 aromatic rings. The Bertz CT molecular complexity index is 629. The predicted octanol–water partition coefficient (Wildman–Crippen LogP) is 2.53. The molecule has 0 fully saturated rings. The molecule has 0 aromatic heterocycles. The summed E-state index contributed by atoms with van der Waals surface area (Å²) in [4.78, 5) is 0. The molecule has 0 heterocycles. The molecule has 0 amide bonds. The maximum absolute atomic E-state index is 5.35. The van der Waals surface area contributed by atoms with Crippen LogP contribution in [0.3, 0.4) is 0 Å². The van der Waals surface area contributed by atoms with E-state index in [1.165, 1.54) is 26.7 Å². The second-order valence-corrected chi connectivity index (χ2v) is 6.35. The average molecular weight is 303 g/mol. The molecule has 0 spiro atoms. The molecule has 1 aliphatic rings. The van der Waals surface area contributed by atoms with Gasteiger partial charge in [-0.15, -0.1) is 0 Å². The van der Waals surface area contributed by atoms with Crippen molar-refractivity contribution in [3.05, 3.63) is 47.5 Å². The van der Waals surface area contributed by atoms with Crippen LogP contribution in [0.4, 0.5) is 0 Å². The maximum atomic E-state index is 5.35. The van der Waals surface area contributed by atoms with Gasteiger partial charge in [-0.3, -0.25) is 0 Å². The number of hydrogen-bond donors (Lipinski definition) is 0. The summed E-state index contributed by atoms with van der Waals surface area (Å²) < 4.78 is 6.59. The first-order chi connectivity index (χ1) is 8.54. The van der Waals surface area contributed by atoms with Crippen LogP contribution in [0.25, 0.3) is 11.1 Å². The summed E-state index contributed by atoms with van der Waals surface area (Å²) in [5.74, 6) is 0.924. The first-order valence-electron chi connectivity index (χ1n) is 6.06. The van der Waals surface area contributed by atoms with Gasteiger partial charge < -0.3 is 0 Å². The topological polar surface area (TPSA) is 9.23 Å². The molecular weight excluding hydrogens is 287 g/mol. The van der Waals surface area contributed by atoms with E-state index in [-0.39, 0.29) is 5.41 Å². The number of rotatable bonds is 1. The van der Waals surface area contributed by atoms with E-state index in [1.807, 2.05) is 0 Å². The van der Waals surface area contributed by atoms with Crippen LogP contribution in [-0.4, -0.2) is 23.1 Å². The van der Waals surface area contributed by atoms with Gasteiger partial charge in [0.2, 0.25) is 0 Å². The minimum atomic E-state index is 0.0810. The van der Waals surface area contributed by atoms with Crippen LogP contribution in [0, 0.1) is 0 Å². The number of ether oxygens (including phenoxy) is 1. The van der Waals surface area contributed by atoms with Gasteiger partial charge in [0.25, 0.3) is 0 Å². The Labute approximate surface area is 116 Å². The molecule has 1 aliphatic carbocycles. The molecule has 0 bridgehead atoms. The third-order valence-corrected chi connectivity index (χ3v) is 4.45. The summed E-state index contributed by atoms with van der Waals surface area (Å²) in [7, 11) is 1.72.